The SMILES string of the molecule is CCCCCC1(O)C(=O)Nc2ccc(COc3ccc(N)cc3)cc21. The molecule has 132 valence electrons. The summed E-state index contributed by atoms with van der Waals surface area (Å²) < 4.78 is 5.76. The molecule has 0 bridgehead atoms. The average molecular weight is 340 g/mol. The summed E-state index contributed by atoms with van der Waals surface area (Å²) in [6, 6.07) is 12.8. The number of nitrogens with two attached hydrogens (primary N) is 1. The predicted octanol–water partition coefficient (Wildman–Crippen LogP) is 3.57. The highest BCUT2D eigenvalue weighted by atomic mass is 16.5. The number of aliphatic hydroxyl groups is 1. The summed E-state index contributed by atoms with van der Waals surface area (Å²) in [6.07, 6.45) is 3.28. The highest BCUT2D eigenvalue weighted by Gasteiger charge is 2.44. The van der Waals surface area contributed by atoms with E-state index in [9.17, 15) is 9.90 Å². The van der Waals surface area contributed by atoms with Gasteiger partial charge in [0.2, 0.25) is 0 Å². The van der Waals surface area contributed by atoms with E-state index in [1.54, 1.807) is 12.1 Å². The molecule has 1 heterocycles. The number of carbonyl (C=O) groups excluding carboxylic acids is 1. The van der Waals surface area contributed by atoms with E-state index in [0.29, 0.717) is 30.0 Å². The molecule has 25 heavy (non-hydrogen) atoms. The molecule has 5 nitrogen and oxygen atoms in total. The van der Waals surface area contributed by atoms with E-state index >= 15 is 0 Å². The first-order chi connectivity index (χ1) is 12.0. The van der Waals surface area contributed by atoms with Gasteiger partial charge in [-0.15, -0.1) is 0 Å². The lowest BCUT2D eigenvalue weighted by molar-refractivity contribution is -0.134. The monoisotopic (exact) mass is 340 g/mol. The molecule has 5 heteroatoms. The number of hydrogen-bond acceptors (Lipinski definition) is 4. The molecule has 0 saturated carbocycles. The molecule has 1 amide bonds. The third-order valence-corrected chi connectivity index (χ3v) is 4.58. The molecule has 1 atom stereocenters. The topological polar surface area (TPSA) is 84.6 Å². The Labute approximate surface area is 147 Å². The maximum absolute atomic E-state index is 12.3. The zero-order chi connectivity index (χ0) is 17.9. The van der Waals surface area contributed by atoms with E-state index in [-0.39, 0.29) is 5.91 Å². The van der Waals surface area contributed by atoms with Crippen molar-refractivity contribution in [1.29, 1.82) is 0 Å². The highest BCUT2D eigenvalue weighted by molar-refractivity contribution is 6.04. The van der Waals surface area contributed by atoms with Gasteiger partial charge in [0, 0.05) is 16.9 Å². The number of unbranched alkanes of at least 4 members (excludes halogenated alkanes) is 2. The van der Waals surface area contributed by atoms with Gasteiger partial charge in [-0.1, -0.05) is 25.8 Å². The number of benzene rings is 2. The van der Waals surface area contributed by atoms with Gasteiger partial charge < -0.3 is 20.9 Å². The summed E-state index contributed by atoms with van der Waals surface area (Å²) in [4.78, 5) is 12.3. The van der Waals surface area contributed by atoms with Crippen LogP contribution in [0.5, 0.6) is 5.75 Å². The van der Waals surface area contributed by atoms with Crippen molar-refractivity contribution in [2.45, 2.75) is 44.8 Å². The number of anilines is 2. The van der Waals surface area contributed by atoms with Crippen LogP contribution in [0.4, 0.5) is 11.4 Å². The molecule has 3 rings (SSSR count). The van der Waals surface area contributed by atoms with E-state index < -0.39 is 5.60 Å². The Kier molecular flexibility index (Phi) is 4.95. The maximum atomic E-state index is 12.3. The zero-order valence-electron chi connectivity index (χ0n) is 14.4. The quantitative estimate of drug-likeness (QED) is 0.531. The van der Waals surface area contributed by atoms with Crippen molar-refractivity contribution in [2.24, 2.45) is 0 Å². The summed E-state index contributed by atoms with van der Waals surface area (Å²) in [7, 11) is 0. The van der Waals surface area contributed by atoms with Crippen LogP contribution >= 0.6 is 0 Å². The fourth-order valence-electron chi connectivity index (χ4n) is 3.09. The van der Waals surface area contributed by atoms with Gasteiger partial charge in [-0.25, -0.2) is 0 Å². The van der Waals surface area contributed by atoms with Crippen molar-refractivity contribution >= 4 is 17.3 Å². The molecule has 1 aliphatic heterocycles. The first-order valence-corrected chi connectivity index (χ1v) is 8.68. The lowest BCUT2D eigenvalue weighted by Crippen LogP contribution is -2.34. The van der Waals surface area contributed by atoms with Gasteiger partial charge in [0.05, 0.1) is 0 Å². The van der Waals surface area contributed by atoms with Gasteiger partial charge in [0.1, 0.15) is 12.4 Å². The summed E-state index contributed by atoms with van der Waals surface area (Å²) in [5, 5.41) is 13.7. The van der Waals surface area contributed by atoms with Crippen LogP contribution in [0.15, 0.2) is 42.5 Å². The zero-order valence-corrected chi connectivity index (χ0v) is 14.4. The number of fused-ring (bicyclic) bond motifs is 1. The molecule has 0 aromatic heterocycles. The van der Waals surface area contributed by atoms with E-state index in [1.165, 1.54) is 0 Å². The van der Waals surface area contributed by atoms with E-state index in [0.717, 1.165) is 30.6 Å². The molecular formula is C20H24N2O3. The first-order valence-electron chi connectivity index (χ1n) is 8.68. The Balaban J connectivity index is 1.75. The smallest absolute Gasteiger partial charge is 0.261 e. The van der Waals surface area contributed by atoms with Crippen LogP contribution in [-0.2, 0) is 17.0 Å². The van der Waals surface area contributed by atoms with Crippen LogP contribution in [0.1, 0.15) is 43.7 Å². The third kappa shape index (κ3) is 3.61. The minimum absolute atomic E-state index is 0.338. The largest absolute Gasteiger partial charge is 0.489 e. The van der Waals surface area contributed by atoms with Crippen LogP contribution in [0, 0.1) is 0 Å². The number of carbonyl (C=O) groups is 1. The minimum atomic E-state index is -1.44. The number of nitrogens with one attached hydrogen (secondary N) is 1. The molecule has 0 radical (unpaired) electrons. The Morgan fingerprint density at radius 3 is 2.64 bits per heavy atom. The van der Waals surface area contributed by atoms with E-state index in [2.05, 4.69) is 12.2 Å². The number of nitrogen functional groups attached to an aromatic ring is 1. The van der Waals surface area contributed by atoms with Crippen LogP contribution in [0.25, 0.3) is 0 Å². The molecule has 0 spiro atoms. The minimum Gasteiger partial charge on any atom is -0.489 e. The molecular weight excluding hydrogens is 316 g/mol. The van der Waals surface area contributed by atoms with Crippen LogP contribution in [-0.4, -0.2) is 11.0 Å². The van der Waals surface area contributed by atoms with Gasteiger partial charge in [0.25, 0.3) is 5.91 Å². The first kappa shape index (κ1) is 17.3. The fourth-order valence-corrected chi connectivity index (χ4v) is 3.09. The van der Waals surface area contributed by atoms with Crippen LogP contribution in [0.2, 0.25) is 0 Å². The third-order valence-electron chi connectivity index (χ3n) is 4.58. The maximum Gasteiger partial charge on any atom is 0.261 e. The number of amides is 1. The Morgan fingerprint density at radius 1 is 1.16 bits per heavy atom. The summed E-state index contributed by atoms with van der Waals surface area (Å²) in [5.41, 5.74) is 7.14. The summed E-state index contributed by atoms with van der Waals surface area (Å²) >= 11 is 0. The molecule has 4 N–H and O–H groups in total. The second-order valence-corrected chi connectivity index (χ2v) is 6.51. The number of hydrogen-bond donors (Lipinski definition) is 3. The second-order valence-electron chi connectivity index (χ2n) is 6.51. The van der Waals surface area contributed by atoms with Crippen molar-refractivity contribution in [1.82, 2.24) is 0 Å². The number of rotatable bonds is 7. The van der Waals surface area contributed by atoms with Gasteiger partial charge in [-0.3, -0.25) is 4.79 Å². The van der Waals surface area contributed by atoms with Gasteiger partial charge in [-0.2, -0.15) is 0 Å². The fraction of sp³-hybridized carbons (Fsp3) is 0.350. The standard InChI is InChI=1S/C20H24N2O3/c1-2-3-4-11-20(24)17-12-14(5-10-18(17)22-19(20)23)13-25-16-8-6-15(21)7-9-16/h5-10,12,24H,2-4,11,13,21H2,1H3,(H,22,23). The molecule has 0 saturated heterocycles. The van der Waals surface area contributed by atoms with Gasteiger partial charge in [0.15, 0.2) is 5.60 Å². The molecule has 0 aliphatic carbocycles. The summed E-state index contributed by atoms with van der Waals surface area (Å²) in [6.45, 7) is 2.45. The average Bonchev–Trinajstić information content (AvgIpc) is 2.86. The van der Waals surface area contributed by atoms with Crippen molar-refractivity contribution < 1.29 is 14.6 Å². The van der Waals surface area contributed by atoms with Crippen molar-refractivity contribution in [3.05, 3.63) is 53.6 Å². The van der Waals surface area contributed by atoms with Crippen LogP contribution in [0.3, 0.4) is 0 Å². The van der Waals surface area contributed by atoms with E-state index in [1.807, 2.05) is 30.3 Å². The van der Waals surface area contributed by atoms with Gasteiger partial charge >= 0.3 is 0 Å². The highest BCUT2D eigenvalue weighted by Crippen LogP contribution is 2.40. The molecule has 0 fully saturated rings. The van der Waals surface area contributed by atoms with E-state index in [4.69, 9.17) is 10.5 Å². The van der Waals surface area contributed by atoms with Crippen LogP contribution < -0.4 is 15.8 Å². The predicted molar refractivity (Wildman–Crippen MR) is 98.3 cm³/mol. The Bertz CT molecular complexity index is 758. The Morgan fingerprint density at radius 2 is 1.92 bits per heavy atom. The van der Waals surface area contributed by atoms with Crippen molar-refractivity contribution in [2.75, 3.05) is 11.1 Å². The number of ether oxygens (including phenoxy) is 1. The lowest BCUT2D eigenvalue weighted by atomic mass is 9.88. The second kappa shape index (κ2) is 7.15. The van der Waals surface area contributed by atoms with Gasteiger partial charge in [-0.05, 0) is 54.8 Å². The molecule has 2 aromatic carbocycles. The van der Waals surface area contributed by atoms with Crippen molar-refractivity contribution in [3.63, 3.8) is 0 Å². The molecule has 2 aromatic rings. The van der Waals surface area contributed by atoms with Crippen molar-refractivity contribution in [3.8, 4) is 5.75 Å². The normalized spacial score (nSPS) is 18.7. The summed E-state index contributed by atoms with van der Waals surface area (Å²) in [5.74, 6) is 0.386. The lowest BCUT2D eigenvalue weighted by Gasteiger charge is -2.21. The molecule has 1 unspecified atom stereocenters. The Hall–Kier alpha value is -2.53. The molecule has 1 aliphatic rings.